The Balaban J connectivity index is 1.35. The fourth-order valence-electron chi connectivity index (χ4n) is 7.31. The first-order chi connectivity index (χ1) is 23.6. The molecule has 8 aromatic carbocycles. The zero-order valence-corrected chi connectivity index (χ0v) is 27.8. The van der Waals surface area contributed by atoms with Crippen LogP contribution in [0, 0.1) is 0 Å². The molecule has 9 aromatic rings. The van der Waals surface area contributed by atoms with E-state index in [4.69, 9.17) is 8.39 Å². The summed E-state index contributed by atoms with van der Waals surface area (Å²) in [6.45, 7) is 4.56. The van der Waals surface area contributed by atoms with Crippen LogP contribution in [-0.4, -0.2) is 0 Å². The molecule has 0 aliphatic rings. The summed E-state index contributed by atoms with van der Waals surface area (Å²) in [5.74, 6) is 0. The van der Waals surface area contributed by atoms with Crippen molar-refractivity contribution >= 4 is 73.2 Å². The molecule has 48 heavy (non-hydrogen) atoms. The molecule has 0 fully saturated rings. The van der Waals surface area contributed by atoms with E-state index < -0.39 is 8.16 Å². The summed E-state index contributed by atoms with van der Waals surface area (Å²) in [6.07, 6.45) is 0. The highest BCUT2D eigenvalue weighted by molar-refractivity contribution is 7.39. The van der Waals surface area contributed by atoms with Gasteiger partial charge in [-0.1, -0.05) is 133 Å². The lowest BCUT2D eigenvalue weighted by molar-refractivity contribution is 0.559. The third-order valence-electron chi connectivity index (χ3n) is 9.88. The zero-order valence-electron chi connectivity index (χ0n) is 26.9. The van der Waals surface area contributed by atoms with Crippen LogP contribution in [0.25, 0.3) is 65.0 Å². The van der Waals surface area contributed by atoms with E-state index in [2.05, 4.69) is 176 Å². The van der Waals surface area contributed by atoms with Gasteiger partial charge in [0, 0.05) is 22.9 Å². The van der Waals surface area contributed by atoms with Gasteiger partial charge in [-0.2, -0.15) is 4.67 Å². The Labute approximate surface area is 280 Å². The number of nitrogens with zero attached hydrogens (tertiary/aromatic N) is 1. The van der Waals surface area contributed by atoms with E-state index in [1.807, 2.05) is 0 Å². The maximum atomic E-state index is 7.19. The van der Waals surface area contributed by atoms with Gasteiger partial charge >= 0.3 is 8.16 Å². The van der Waals surface area contributed by atoms with Crippen LogP contribution in [0.5, 0.6) is 0 Å². The van der Waals surface area contributed by atoms with Crippen LogP contribution in [0.2, 0.25) is 0 Å². The second kappa shape index (κ2) is 11.7. The smallest absolute Gasteiger partial charge is 0.310 e. The van der Waals surface area contributed by atoms with Crippen molar-refractivity contribution in [3.8, 4) is 0 Å². The SMILES string of the molecule is C[C@H](c1ccc2ccccc2c1)N([C@@H](C)c1ccc2ccccc2c1)p1oc2ccc3ccccc3c2c2c(ccc3ccccc32)o1. The van der Waals surface area contributed by atoms with Crippen molar-refractivity contribution in [2.75, 3.05) is 4.67 Å². The number of hydrogen-bond acceptors (Lipinski definition) is 3. The van der Waals surface area contributed by atoms with E-state index in [1.54, 1.807) is 0 Å². The van der Waals surface area contributed by atoms with Gasteiger partial charge in [-0.05, 0) is 92.3 Å². The Bertz CT molecular complexity index is 2510. The standard InChI is InChI=1S/C44H34NO2P/c1-29(35-21-19-31-11-3-5-15-37(31)27-35)45(30(2)36-22-20-32-12-4-6-16-38(32)28-36)48-46-41-25-23-33-13-7-9-17-39(33)43(41)44-40-18-10-8-14-34(40)24-26-42(44)47-48/h3-30H,1-2H3/t29-,30+. The van der Waals surface area contributed by atoms with E-state index in [-0.39, 0.29) is 12.1 Å². The van der Waals surface area contributed by atoms with Crippen molar-refractivity contribution in [2.45, 2.75) is 25.9 Å². The molecule has 0 N–H and O–H groups in total. The predicted molar refractivity (Wildman–Crippen MR) is 204 cm³/mol. The molecule has 0 aliphatic carbocycles. The topological polar surface area (TPSA) is 29.5 Å². The predicted octanol–water partition coefficient (Wildman–Crippen LogP) is 13.4. The molecular weight excluding hydrogens is 605 g/mol. The van der Waals surface area contributed by atoms with Crippen molar-refractivity contribution in [2.24, 2.45) is 0 Å². The molecule has 2 atom stereocenters. The van der Waals surface area contributed by atoms with Gasteiger partial charge in [-0.15, -0.1) is 0 Å². The second-order valence-electron chi connectivity index (χ2n) is 12.7. The van der Waals surface area contributed by atoms with Crippen molar-refractivity contribution in [3.63, 3.8) is 0 Å². The van der Waals surface area contributed by atoms with Gasteiger partial charge in [0.05, 0.1) is 0 Å². The maximum absolute atomic E-state index is 7.19. The lowest BCUT2D eigenvalue weighted by Crippen LogP contribution is -2.27. The largest absolute Gasteiger partial charge is 0.408 e. The summed E-state index contributed by atoms with van der Waals surface area (Å²) in [6, 6.07) is 56.4. The van der Waals surface area contributed by atoms with Gasteiger partial charge in [-0.3, -0.25) is 0 Å². The van der Waals surface area contributed by atoms with Gasteiger partial charge in [-0.25, -0.2) is 0 Å². The summed E-state index contributed by atoms with van der Waals surface area (Å²) in [4.78, 5) is 0. The monoisotopic (exact) mass is 639 g/mol. The average molecular weight is 640 g/mol. The van der Waals surface area contributed by atoms with E-state index in [0.717, 1.165) is 32.7 Å². The zero-order chi connectivity index (χ0) is 32.2. The second-order valence-corrected chi connectivity index (χ2v) is 14.0. The molecule has 0 aliphatic heterocycles. The fourth-order valence-corrected chi connectivity index (χ4v) is 9.01. The third kappa shape index (κ3) is 4.86. The first kappa shape index (κ1) is 28.8. The molecule has 0 radical (unpaired) electrons. The van der Waals surface area contributed by atoms with Gasteiger partial charge in [0.2, 0.25) is 0 Å². The van der Waals surface area contributed by atoms with Gasteiger partial charge in [0.25, 0.3) is 0 Å². The molecule has 1 heterocycles. The highest BCUT2D eigenvalue weighted by atomic mass is 31.1. The Hall–Kier alpha value is -5.34. The highest BCUT2D eigenvalue weighted by Crippen LogP contribution is 2.48. The minimum absolute atomic E-state index is 0.0203. The van der Waals surface area contributed by atoms with Crippen molar-refractivity contribution in [1.29, 1.82) is 0 Å². The quantitative estimate of drug-likeness (QED) is 0.188. The molecule has 0 amide bonds. The highest BCUT2D eigenvalue weighted by Gasteiger charge is 2.30. The van der Waals surface area contributed by atoms with Gasteiger partial charge in [0.15, 0.2) is 0 Å². The summed E-state index contributed by atoms with van der Waals surface area (Å²) in [5.41, 5.74) is 4.13. The molecule has 0 saturated carbocycles. The summed E-state index contributed by atoms with van der Waals surface area (Å²) in [5, 5.41) is 11.8. The van der Waals surface area contributed by atoms with Gasteiger partial charge in [0.1, 0.15) is 11.2 Å². The average Bonchev–Trinajstić information content (AvgIpc) is 3.31. The van der Waals surface area contributed by atoms with Crippen molar-refractivity contribution < 1.29 is 8.39 Å². The lowest BCUT2D eigenvalue weighted by atomic mass is 9.99. The molecule has 232 valence electrons. The normalized spacial score (nSPS) is 13.2. The summed E-state index contributed by atoms with van der Waals surface area (Å²) < 4.78 is 16.8. The Morgan fingerprint density at radius 2 is 0.792 bits per heavy atom. The van der Waals surface area contributed by atoms with Crippen LogP contribution >= 0.6 is 8.16 Å². The van der Waals surface area contributed by atoms with E-state index >= 15 is 0 Å². The molecule has 4 heteroatoms. The molecule has 1 aromatic heterocycles. The van der Waals surface area contributed by atoms with E-state index in [1.165, 1.54) is 43.4 Å². The first-order valence-corrected chi connectivity index (χ1v) is 17.7. The number of rotatable bonds is 5. The van der Waals surface area contributed by atoms with E-state index in [9.17, 15) is 0 Å². The minimum atomic E-state index is -1.62. The van der Waals surface area contributed by atoms with Crippen molar-refractivity contribution in [1.82, 2.24) is 0 Å². The van der Waals surface area contributed by atoms with Crippen LogP contribution in [0.4, 0.5) is 0 Å². The van der Waals surface area contributed by atoms with Crippen LogP contribution < -0.4 is 4.67 Å². The minimum Gasteiger partial charge on any atom is -0.408 e. The van der Waals surface area contributed by atoms with E-state index in [0.29, 0.717) is 0 Å². The van der Waals surface area contributed by atoms with Crippen LogP contribution in [-0.2, 0) is 0 Å². The van der Waals surface area contributed by atoms with Gasteiger partial charge < -0.3 is 8.39 Å². The number of benzene rings is 8. The molecule has 3 nitrogen and oxygen atoms in total. The van der Waals surface area contributed by atoms with Crippen LogP contribution in [0.1, 0.15) is 37.1 Å². The molecule has 0 saturated heterocycles. The maximum Gasteiger partial charge on any atom is 0.310 e. The fraction of sp³-hybridized carbons (Fsp3) is 0.0909. The van der Waals surface area contributed by atoms with Crippen molar-refractivity contribution in [3.05, 3.63) is 169 Å². The number of hydrogen-bond donors (Lipinski definition) is 0. The third-order valence-corrected chi connectivity index (χ3v) is 11.7. The Morgan fingerprint density at radius 1 is 0.417 bits per heavy atom. The van der Waals surface area contributed by atoms with Crippen LogP contribution in [0.3, 0.4) is 0 Å². The molecule has 0 unspecified atom stereocenters. The lowest BCUT2D eigenvalue weighted by Gasteiger charge is -2.32. The molecular formula is C44H34NO2P. The molecule has 9 rings (SSSR count). The molecule has 0 spiro atoms. The van der Waals surface area contributed by atoms with Crippen LogP contribution in [0.15, 0.2) is 166 Å². The number of fused-ring (bicyclic) bond motifs is 9. The summed E-state index contributed by atoms with van der Waals surface area (Å²) >= 11 is 0. The summed E-state index contributed by atoms with van der Waals surface area (Å²) in [7, 11) is -1.62. The molecule has 0 bridgehead atoms. The Morgan fingerprint density at radius 3 is 1.25 bits per heavy atom. The first-order valence-electron chi connectivity index (χ1n) is 16.6. The Kier molecular flexibility index (Phi) is 7.04.